The Morgan fingerprint density at radius 1 is 1.09 bits per heavy atom. The predicted molar refractivity (Wildman–Crippen MR) is 89.8 cm³/mol. The third-order valence-electron chi connectivity index (χ3n) is 3.69. The first-order chi connectivity index (χ1) is 10.6. The van der Waals surface area contributed by atoms with E-state index in [1.54, 1.807) is 6.07 Å². The van der Waals surface area contributed by atoms with Gasteiger partial charge in [0.2, 0.25) is 5.91 Å². The molecule has 1 aliphatic heterocycles. The molecule has 1 saturated heterocycles. The van der Waals surface area contributed by atoms with Crippen LogP contribution in [0.2, 0.25) is 0 Å². The van der Waals surface area contributed by atoms with Gasteiger partial charge in [-0.15, -0.1) is 0 Å². The van der Waals surface area contributed by atoms with Crippen molar-refractivity contribution in [3.63, 3.8) is 0 Å². The number of carbonyl (C=O) groups excluding carboxylic acids is 2. The van der Waals surface area contributed by atoms with E-state index in [4.69, 9.17) is 0 Å². The molecule has 5 heteroatoms. The summed E-state index contributed by atoms with van der Waals surface area (Å²) in [6, 6.07) is 14.4. The van der Waals surface area contributed by atoms with Crippen molar-refractivity contribution >= 4 is 39.1 Å². The number of nitrogens with zero attached hydrogens (tertiary/aromatic N) is 1. The molecule has 0 aliphatic carbocycles. The quantitative estimate of drug-likeness (QED) is 0.854. The lowest BCUT2D eigenvalue weighted by Crippen LogP contribution is -2.35. The zero-order chi connectivity index (χ0) is 15.7. The number of carbonyl (C=O) groups is 2. The maximum absolute atomic E-state index is 12.6. The first-order valence-corrected chi connectivity index (χ1v) is 7.80. The van der Waals surface area contributed by atoms with Gasteiger partial charge in [0, 0.05) is 10.2 Å². The lowest BCUT2D eigenvalue weighted by molar-refractivity contribution is -0.121. The van der Waals surface area contributed by atoms with Crippen molar-refractivity contribution in [3.8, 4) is 0 Å². The predicted octanol–water partition coefficient (Wildman–Crippen LogP) is 3.50. The summed E-state index contributed by atoms with van der Waals surface area (Å²) in [5.41, 5.74) is 2.40. The number of nitrogens with one attached hydrogen (secondary N) is 1. The van der Waals surface area contributed by atoms with Crippen molar-refractivity contribution in [2.45, 2.75) is 19.4 Å². The van der Waals surface area contributed by atoms with Gasteiger partial charge < -0.3 is 5.32 Å². The van der Waals surface area contributed by atoms with E-state index in [9.17, 15) is 9.59 Å². The molecule has 22 heavy (non-hydrogen) atoms. The Kier molecular flexibility index (Phi) is 3.98. The SMILES string of the molecule is Cc1ccccc1N1C(=O)C[C@@H](Nc2ccc(Br)cc2)C1=O. The molecule has 2 aromatic rings. The fourth-order valence-electron chi connectivity index (χ4n) is 2.56. The smallest absolute Gasteiger partial charge is 0.256 e. The highest BCUT2D eigenvalue weighted by Gasteiger charge is 2.39. The molecule has 0 unspecified atom stereocenters. The number of para-hydroxylation sites is 1. The summed E-state index contributed by atoms with van der Waals surface area (Å²) in [7, 11) is 0. The second-order valence-corrected chi connectivity index (χ2v) is 6.18. The number of halogens is 1. The molecule has 0 radical (unpaired) electrons. The van der Waals surface area contributed by atoms with Crippen molar-refractivity contribution in [2.24, 2.45) is 0 Å². The van der Waals surface area contributed by atoms with Crippen LogP contribution >= 0.6 is 15.9 Å². The molecule has 2 aromatic carbocycles. The van der Waals surface area contributed by atoms with Crippen LogP contribution in [0.3, 0.4) is 0 Å². The maximum Gasteiger partial charge on any atom is 0.256 e. The molecular formula is C17H15BrN2O2. The third-order valence-corrected chi connectivity index (χ3v) is 4.22. The zero-order valence-corrected chi connectivity index (χ0v) is 13.6. The van der Waals surface area contributed by atoms with E-state index in [1.807, 2.05) is 49.4 Å². The highest BCUT2D eigenvalue weighted by molar-refractivity contribution is 9.10. The van der Waals surface area contributed by atoms with Gasteiger partial charge in [0.25, 0.3) is 5.91 Å². The van der Waals surface area contributed by atoms with E-state index >= 15 is 0 Å². The minimum Gasteiger partial charge on any atom is -0.373 e. The minimum atomic E-state index is -0.520. The molecule has 0 bridgehead atoms. The molecule has 2 amide bonds. The molecule has 0 aromatic heterocycles. The molecule has 1 atom stereocenters. The number of imide groups is 1. The van der Waals surface area contributed by atoms with Gasteiger partial charge >= 0.3 is 0 Å². The monoisotopic (exact) mass is 358 g/mol. The Hall–Kier alpha value is -2.14. The van der Waals surface area contributed by atoms with E-state index < -0.39 is 6.04 Å². The lowest BCUT2D eigenvalue weighted by Gasteiger charge is -2.18. The van der Waals surface area contributed by atoms with Crippen LogP contribution in [0.4, 0.5) is 11.4 Å². The average molecular weight is 359 g/mol. The molecule has 1 N–H and O–H groups in total. The van der Waals surface area contributed by atoms with Crippen LogP contribution in [0.5, 0.6) is 0 Å². The van der Waals surface area contributed by atoms with Crippen LogP contribution in [0, 0.1) is 6.92 Å². The van der Waals surface area contributed by atoms with Crippen LogP contribution in [0.25, 0.3) is 0 Å². The average Bonchev–Trinajstić information content (AvgIpc) is 2.77. The van der Waals surface area contributed by atoms with Gasteiger partial charge in [0.05, 0.1) is 12.1 Å². The lowest BCUT2D eigenvalue weighted by atomic mass is 10.2. The molecule has 1 heterocycles. The second kappa shape index (κ2) is 5.93. The summed E-state index contributed by atoms with van der Waals surface area (Å²) in [6.45, 7) is 1.89. The van der Waals surface area contributed by atoms with E-state index in [1.165, 1.54) is 4.90 Å². The number of anilines is 2. The first-order valence-electron chi connectivity index (χ1n) is 7.01. The van der Waals surface area contributed by atoms with Gasteiger partial charge in [0.1, 0.15) is 6.04 Å². The van der Waals surface area contributed by atoms with E-state index in [0.717, 1.165) is 15.7 Å². The Morgan fingerprint density at radius 3 is 2.45 bits per heavy atom. The van der Waals surface area contributed by atoms with Gasteiger partial charge in [-0.3, -0.25) is 9.59 Å². The Labute approximate surface area is 137 Å². The first kappa shape index (κ1) is 14.8. The minimum absolute atomic E-state index is 0.170. The van der Waals surface area contributed by atoms with E-state index in [-0.39, 0.29) is 18.2 Å². The van der Waals surface area contributed by atoms with Gasteiger partial charge in [-0.1, -0.05) is 34.1 Å². The Bertz CT molecular complexity index is 728. The van der Waals surface area contributed by atoms with Crippen molar-refractivity contribution in [2.75, 3.05) is 10.2 Å². The molecular weight excluding hydrogens is 344 g/mol. The Morgan fingerprint density at radius 2 is 1.77 bits per heavy atom. The van der Waals surface area contributed by atoms with Crippen LogP contribution in [0.15, 0.2) is 53.0 Å². The highest BCUT2D eigenvalue weighted by atomic mass is 79.9. The number of aryl methyl sites for hydroxylation is 1. The third kappa shape index (κ3) is 2.76. The summed E-state index contributed by atoms with van der Waals surface area (Å²) >= 11 is 3.37. The van der Waals surface area contributed by atoms with E-state index in [0.29, 0.717) is 5.69 Å². The van der Waals surface area contributed by atoms with Crippen LogP contribution in [-0.2, 0) is 9.59 Å². The fraction of sp³-hybridized carbons (Fsp3) is 0.176. The standard InChI is InChI=1S/C17H15BrN2O2/c1-11-4-2-3-5-15(11)20-16(21)10-14(17(20)22)19-13-8-6-12(18)7-9-13/h2-9,14,19H,10H2,1H3/t14-/m1/s1. The van der Waals surface area contributed by atoms with Crippen molar-refractivity contribution < 1.29 is 9.59 Å². The molecule has 0 saturated carbocycles. The van der Waals surface area contributed by atoms with Crippen LogP contribution < -0.4 is 10.2 Å². The number of hydrogen-bond acceptors (Lipinski definition) is 3. The summed E-state index contributed by atoms with van der Waals surface area (Å²) in [5, 5.41) is 3.13. The van der Waals surface area contributed by atoms with Crippen molar-refractivity contribution in [1.82, 2.24) is 0 Å². The highest BCUT2D eigenvalue weighted by Crippen LogP contribution is 2.27. The topological polar surface area (TPSA) is 49.4 Å². The van der Waals surface area contributed by atoms with Crippen molar-refractivity contribution in [3.05, 3.63) is 58.6 Å². The normalized spacial score (nSPS) is 17.9. The van der Waals surface area contributed by atoms with Gasteiger partial charge in [-0.25, -0.2) is 4.90 Å². The van der Waals surface area contributed by atoms with Gasteiger partial charge in [0.15, 0.2) is 0 Å². The van der Waals surface area contributed by atoms with Crippen LogP contribution in [0.1, 0.15) is 12.0 Å². The number of rotatable bonds is 3. The fourth-order valence-corrected chi connectivity index (χ4v) is 2.82. The second-order valence-electron chi connectivity index (χ2n) is 5.26. The Balaban J connectivity index is 1.82. The largest absolute Gasteiger partial charge is 0.373 e. The molecule has 112 valence electrons. The van der Waals surface area contributed by atoms with Crippen LogP contribution in [-0.4, -0.2) is 17.9 Å². The zero-order valence-electron chi connectivity index (χ0n) is 12.0. The summed E-state index contributed by atoms with van der Waals surface area (Å²) in [6.07, 6.45) is 0.170. The number of amides is 2. The summed E-state index contributed by atoms with van der Waals surface area (Å²) in [4.78, 5) is 26.1. The summed E-state index contributed by atoms with van der Waals surface area (Å²) in [5.74, 6) is -0.379. The van der Waals surface area contributed by atoms with Gasteiger partial charge in [-0.2, -0.15) is 0 Å². The molecule has 3 rings (SSSR count). The number of benzene rings is 2. The maximum atomic E-state index is 12.6. The molecule has 0 spiro atoms. The molecule has 4 nitrogen and oxygen atoms in total. The van der Waals surface area contributed by atoms with Gasteiger partial charge in [-0.05, 0) is 42.8 Å². The van der Waals surface area contributed by atoms with E-state index in [2.05, 4.69) is 21.2 Å². The molecule has 1 fully saturated rings. The molecule has 1 aliphatic rings. The summed E-state index contributed by atoms with van der Waals surface area (Å²) < 4.78 is 0.966. The van der Waals surface area contributed by atoms with Crippen molar-refractivity contribution in [1.29, 1.82) is 0 Å². The number of hydrogen-bond donors (Lipinski definition) is 1.